The van der Waals surface area contributed by atoms with E-state index in [-0.39, 0.29) is 6.54 Å². The lowest BCUT2D eigenvalue weighted by molar-refractivity contribution is -0.177. The lowest BCUT2D eigenvalue weighted by Crippen LogP contribution is -2.34. The van der Waals surface area contributed by atoms with Crippen LogP contribution in [0.4, 0.5) is 0 Å². The van der Waals surface area contributed by atoms with Gasteiger partial charge in [0.2, 0.25) is 5.78 Å². The highest BCUT2D eigenvalue weighted by molar-refractivity contribution is 6.42. The first-order valence-corrected chi connectivity index (χ1v) is 7.15. The second-order valence-corrected chi connectivity index (χ2v) is 5.25. The molecule has 0 unspecified atom stereocenters. The molecule has 0 atom stereocenters. The van der Waals surface area contributed by atoms with E-state index in [1.54, 1.807) is 12.1 Å². The van der Waals surface area contributed by atoms with Crippen molar-refractivity contribution in [3.05, 3.63) is 33.8 Å². The number of aryl methyl sites for hydroxylation is 1. The molecule has 0 aromatic heterocycles. The molecule has 1 N–H and O–H groups in total. The molecule has 8 heteroatoms. The van der Waals surface area contributed by atoms with E-state index in [1.807, 2.05) is 6.07 Å². The maximum absolute atomic E-state index is 11.7. The number of rotatable bonds is 8. The summed E-state index contributed by atoms with van der Waals surface area (Å²) in [7, 11) is 1.28. The number of aliphatic carboxylic acids is 1. The molecule has 120 valence electrons. The summed E-state index contributed by atoms with van der Waals surface area (Å²) in [5.41, 5.74) is 0.944. The summed E-state index contributed by atoms with van der Waals surface area (Å²) in [4.78, 5) is 38.0. The van der Waals surface area contributed by atoms with Gasteiger partial charge in [0.25, 0.3) is 5.91 Å². The number of hydrogen-bond donors (Lipinski definition) is 1. The molecule has 0 saturated carbocycles. The van der Waals surface area contributed by atoms with E-state index in [2.05, 4.69) is 0 Å². The number of carbonyl (C=O) groups is 3. The topological polar surface area (TPSA) is 83.9 Å². The number of carboxylic acid groups (broad SMARTS) is 1. The van der Waals surface area contributed by atoms with E-state index in [4.69, 9.17) is 33.1 Å². The molecule has 0 bridgehead atoms. The van der Waals surface area contributed by atoms with Crippen LogP contribution in [0.1, 0.15) is 18.4 Å². The third kappa shape index (κ3) is 5.63. The molecule has 0 fully saturated rings. The third-order valence-corrected chi connectivity index (χ3v) is 3.60. The van der Waals surface area contributed by atoms with Crippen molar-refractivity contribution in [1.82, 2.24) is 5.06 Å². The number of carbonyl (C=O) groups excluding carboxylic acids is 2. The van der Waals surface area contributed by atoms with Gasteiger partial charge in [-0.2, -0.15) is 0 Å². The summed E-state index contributed by atoms with van der Waals surface area (Å²) in [5, 5.41) is 10.4. The fraction of sp³-hybridized carbons (Fsp3) is 0.357. The van der Waals surface area contributed by atoms with Gasteiger partial charge in [-0.3, -0.25) is 14.4 Å². The summed E-state index contributed by atoms with van der Waals surface area (Å²) in [6.45, 7) is 0.225. The van der Waals surface area contributed by atoms with Crippen molar-refractivity contribution < 1.29 is 24.3 Å². The summed E-state index contributed by atoms with van der Waals surface area (Å²) < 4.78 is 0. The Morgan fingerprint density at radius 3 is 2.45 bits per heavy atom. The van der Waals surface area contributed by atoms with E-state index in [0.717, 1.165) is 10.6 Å². The van der Waals surface area contributed by atoms with Crippen LogP contribution in [0.15, 0.2) is 18.2 Å². The smallest absolute Gasteiger partial charge is 0.372 e. The summed E-state index contributed by atoms with van der Waals surface area (Å²) >= 11 is 11.7. The Bertz CT molecular complexity index is 576. The number of Topliss-reactive ketones (excluding diaryl/α,β-unsaturated/α-hetero) is 1. The first-order chi connectivity index (χ1) is 10.3. The van der Waals surface area contributed by atoms with Gasteiger partial charge >= 0.3 is 5.97 Å². The second kappa shape index (κ2) is 8.73. The molecule has 0 heterocycles. The van der Waals surface area contributed by atoms with Gasteiger partial charge in [-0.15, -0.1) is 0 Å². The van der Waals surface area contributed by atoms with E-state index in [0.29, 0.717) is 22.9 Å². The van der Waals surface area contributed by atoms with Gasteiger partial charge in [0.1, 0.15) is 0 Å². The van der Waals surface area contributed by atoms with Gasteiger partial charge in [0.05, 0.1) is 23.6 Å². The first kappa shape index (κ1) is 18.4. The fourth-order valence-electron chi connectivity index (χ4n) is 1.74. The normalized spacial score (nSPS) is 10.3. The number of amides is 1. The standard InChI is InChI=1S/C14H15Cl2NO5/c1-22-17(13(19)8-12(18)14(20)21)6-2-3-9-4-5-10(15)11(16)7-9/h4-5,7H,2-3,6,8H2,1H3,(H,20,21). The van der Waals surface area contributed by atoms with Gasteiger partial charge in [-0.25, -0.2) is 9.86 Å². The van der Waals surface area contributed by atoms with Gasteiger partial charge in [0, 0.05) is 6.54 Å². The molecule has 0 radical (unpaired) electrons. The van der Waals surface area contributed by atoms with Crippen LogP contribution in [0, 0.1) is 0 Å². The van der Waals surface area contributed by atoms with Crippen LogP contribution in [-0.4, -0.2) is 41.5 Å². The highest BCUT2D eigenvalue weighted by Crippen LogP contribution is 2.23. The Hall–Kier alpha value is -1.63. The van der Waals surface area contributed by atoms with Crippen molar-refractivity contribution in [2.24, 2.45) is 0 Å². The van der Waals surface area contributed by atoms with Crippen molar-refractivity contribution in [1.29, 1.82) is 0 Å². The van der Waals surface area contributed by atoms with Gasteiger partial charge in [0.15, 0.2) is 0 Å². The highest BCUT2D eigenvalue weighted by Gasteiger charge is 2.21. The minimum absolute atomic E-state index is 0.225. The van der Waals surface area contributed by atoms with Crippen molar-refractivity contribution in [3.63, 3.8) is 0 Å². The molecule has 6 nitrogen and oxygen atoms in total. The predicted octanol–water partition coefficient (Wildman–Crippen LogP) is 2.36. The minimum Gasteiger partial charge on any atom is -0.475 e. The molecule has 0 spiro atoms. The molecule has 0 aliphatic carbocycles. The molecule has 1 rings (SSSR count). The van der Waals surface area contributed by atoms with E-state index in [1.165, 1.54) is 7.11 Å². The monoisotopic (exact) mass is 347 g/mol. The SMILES string of the molecule is CON(CCCc1ccc(Cl)c(Cl)c1)C(=O)CC(=O)C(=O)O. The number of nitrogens with zero attached hydrogens (tertiary/aromatic N) is 1. The van der Waals surface area contributed by atoms with Gasteiger partial charge in [-0.05, 0) is 30.5 Å². The number of carboxylic acids is 1. The molecule has 1 aromatic carbocycles. The van der Waals surface area contributed by atoms with Crippen LogP contribution in [0.5, 0.6) is 0 Å². The maximum Gasteiger partial charge on any atom is 0.372 e. The number of ketones is 1. The molecule has 0 aliphatic rings. The van der Waals surface area contributed by atoms with Gasteiger partial charge < -0.3 is 5.11 Å². The van der Waals surface area contributed by atoms with Crippen molar-refractivity contribution in [3.8, 4) is 0 Å². The van der Waals surface area contributed by atoms with Crippen LogP contribution in [0.2, 0.25) is 10.0 Å². The van der Waals surface area contributed by atoms with Crippen molar-refractivity contribution in [2.45, 2.75) is 19.3 Å². The maximum atomic E-state index is 11.7. The van der Waals surface area contributed by atoms with Crippen LogP contribution in [0.3, 0.4) is 0 Å². The van der Waals surface area contributed by atoms with Crippen LogP contribution < -0.4 is 0 Å². The van der Waals surface area contributed by atoms with Gasteiger partial charge in [-0.1, -0.05) is 29.3 Å². The van der Waals surface area contributed by atoms with Crippen LogP contribution in [0.25, 0.3) is 0 Å². The Morgan fingerprint density at radius 1 is 1.23 bits per heavy atom. The number of hydroxylamine groups is 2. The number of hydrogen-bond acceptors (Lipinski definition) is 4. The molecule has 1 aromatic rings. The number of halogens is 2. The van der Waals surface area contributed by atoms with E-state index < -0.39 is 24.1 Å². The Kier molecular flexibility index (Phi) is 7.31. The minimum atomic E-state index is -1.64. The Morgan fingerprint density at radius 2 is 1.91 bits per heavy atom. The molecule has 0 saturated heterocycles. The predicted molar refractivity (Wildman–Crippen MR) is 80.8 cm³/mol. The van der Waals surface area contributed by atoms with Crippen molar-refractivity contribution >= 4 is 40.9 Å². The van der Waals surface area contributed by atoms with Crippen LogP contribution >= 0.6 is 23.2 Å². The molecule has 1 amide bonds. The quantitative estimate of drug-likeness (QED) is 0.443. The van der Waals surface area contributed by atoms with E-state index >= 15 is 0 Å². The summed E-state index contributed by atoms with van der Waals surface area (Å²) in [6, 6.07) is 5.24. The zero-order chi connectivity index (χ0) is 16.7. The average molecular weight is 348 g/mol. The zero-order valence-corrected chi connectivity index (χ0v) is 13.4. The zero-order valence-electron chi connectivity index (χ0n) is 11.8. The summed E-state index contributed by atoms with van der Waals surface area (Å²) in [5.74, 6) is -3.50. The molecular weight excluding hydrogens is 333 g/mol. The number of benzene rings is 1. The van der Waals surface area contributed by atoms with Crippen LogP contribution in [-0.2, 0) is 25.6 Å². The molecule has 0 aliphatic heterocycles. The van der Waals surface area contributed by atoms with Crippen molar-refractivity contribution in [2.75, 3.05) is 13.7 Å². The third-order valence-electron chi connectivity index (χ3n) is 2.86. The largest absolute Gasteiger partial charge is 0.475 e. The molecule has 22 heavy (non-hydrogen) atoms. The summed E-state index contributed by atoms with van der Waals surface area (Å²) in [6.07, 6.45) is 0.450. The Balaban J connectivity index is 2.49. The van der Waals surface area contributed by atoms with E-state index in [9.17, 15) is 14.4 Å². The molecular formula is C14H15Cl2NO5. The first-order valence-electron chi connectivity index (χ1n) is 6.39. The highest BCUT2D eigenvalue weighted by atomic mass is 35.5. The average Bonchev–Trinajstić information content (AvgIpc) is 2.46. The second-order valence-electron chi connectivity index (χ2n) is 4.44. The fourth-order valence-corrected chi connectivity index (χ4v) is 2.06. The Labute approximate surface area is 137 Å². The lowest BCUT2D eigenvalue weighted by Gasteiger charge is -2.19. The lowest BCUT2D eigenvalue weighted by atomic mass is 10.1.